The molecule has 0 saturated heterocycles. The highest BCUT2D eigenvalue weighted by atomic mass is 35.5. The molecule has 0 aliphatic rings. The Balaban J connectivity index is 1.22. The summed E-state index contributed by atoms with van der Waals surface area (Å²) in [7, 11) is 0. The van der Waals surface area contributed by atoms with Crippen molar-refractivity contribution >= 4 is 60.9 Å². The SMILES string of the molecule is O=C(c1ccc(Cl)cc1)n1c2ccccc2c2ccnc(-c3cc(-c4ccc(-c5nc6ccccc6s5)cc4)no3)c21. The maximum atomic E-state index is 13.9. The molecule has 4 aromatic carbocycles. The molecule has 0 unspecified atom stereocenters. The molecule has 0 bridgehead atoms. The molecule has 8 rings (SSSR count). The molecule has 4 aromatic heterocycles. The summed E-state index contributed by atoms with van der Waals surface area (Å²) in [6.07, 6.45) is 1.73. The molecule has 6 nitrogen and oxygen atoms in total. The molecule has 0 aliphatic heterocycles. The van der Waals surface area contributed by atoms with Gasteiger partial charge in [0.1, 0.15) is 16.4 Å². The number of halogens is 1. The second-order valence-electron chi connectivity index (χ2n) is 9.86. The summed E-state index contributed by atoms with van der Waals surface area (Å²) in [5.41, 5.74) is 6.11. The van der Waals surface area contributed by atoms with Crippen LogP contribution in [0.4, 0.5) is 0 Å². The average molecular weight is 583 g/mol. The lowest BCUT2D eigenvalue weighted by atomic mass is 10.1. The van der Waals surface area contributed by atoms with E-state index in [2.05, 4.69) is 16.2 Å². The van der Waals surface area contributed by atoms with Crippen LogP contribution in [0.5, 0.6) is 0 Å². The Bertz CT molecular complexity index is 2250. The van der Waals surface area contributed by atoms with Gasteiger partial charge in [-0.15, -0.1) is 11.3 Å². The third-order valence-corrected chi connectivity index (χ3v) is 8.68. The van der Waals surface area contributed by atoms with Gasteiger partial charge in [0.05, 0.1) is 21.3 Å². The first-order chi connectivity index (χ1) is 20.6. The predicted octanol–water partition coefficient (Wildman–Crippen LogP) is 9.13. The van der Waals surface area contributed by atoms with E-state index in [-0.39, 0.29) is 5.91 Å². The Hall–Kier alpha value is -5.11. The number of carbonyl (C=O) groups excluding carboxylic acids is 1. The number of thiazole rings is 1. The summed E-state index contributed by atoms with van der Waals surface area (Å²) in [6.45, 7) is 0. The Labute approximate surface area is 248 Å². The minimum atomic E-state index is -0.183. The zero-order chi connectivity index (χ0) is 28.2. The van der Waals surface area contributed by atoms with Crippen molar-refractivity contribution in [3.63, 3.8) is 0 Å². The van der Waals surface area contributed by atoms with E-state index in [4.69, 9.17) is 21.1 Å². The molecule has 0 N–H and O–H groups in total. The number of carbonyl (C=O) groups is 1. The smallest absolute Gasteiger partial charge is 0.262 e. The molecule has 0 aliphatic carbocycles. The van der Waals surface area contributed by atoms with E-state index in [1.165, 1.54) is 0 Å². The standard InChI is InChI=1S/C34H19ClN4O2S/c35-23-15-13-22(14-16-23)34(40)39-28-7-3-1-5-24(28)25-17-18-36-31(32(25)39)29-19-27(38-41-29)20-9-11-21(12-10-20)33-37-26-6-2-4-8-30(26)42-33/h1-19H. The van der Waals surface area contributed by atoms with Crippen LogP contribution in [0.1, 0.15) is 10.4 Å². The topological polar surface area (TPSA) is 73.8 Å². The van der Waals surface area contributed by atoms with Crippen molar-refractivity contribution in [1.82, 2.24) is 19.7 Å². The van der Waals surface area contributed by atoms with Gasteiger partial charge in [-0.3, -0.25) is 14.3 Å². The van der Waals surface area contributed by atoms with Crippen LogP contribution in [0.25, 0.3) is 65.3 Å². The molecule has 0 fully saturated rings. The number of fused-ring (bicyclic) bond motifs is 4. The van der Waals surface area contributed by atoms with Gasteiger partial charge in [-0.05, 0) is 48.5 Å². The summed E-state index contributed by atoms with van der Waals surface area (Å²) in [5, 5.41) is 7.75. The lowest BCUT2D eigenvalue weighted by Crippen LogP contribution is -2.12. The molecule has 200 valence electrons. The zero-order valence-corrected chi connectivity index (χ0v) is 23.4. The lowest BCUT2D eigenvalue weighted by molar-refractivity contribution is 0.0969. The van der Waals surface area contributed by atoms with E-state index in [9.17, 15) is 4.79 Å². The van der Waals surface area contributed by atoms with Crippen molar-refractivity contribution < 1.29 is 9.32 Å². The molecular formula is C34H19ClN4O2S. The van der Waals surface area contributed by atoms with Gasteiger partial charge >= 0.3 is 0 Å². The number of para-hydroxylation sites is 2. The first kappa shape index (κ1) is 24.7. The number of rotatable bonds is 4. The van der Waals surface area contributed by atoms with Crippen molar-refractivity contribution in [3.05, 3.63) is 126 Å². The highest BCUT2D eigenvalue weighted by Gasteiger charge is 2.23. The van der Waals surface area contributed by atoms with Crippen molar-refractivity contribution in [1.29, 1.82) is 0 Å². The Morgan fingerprint density at radius 3 is 2.40 bits per heavy atom. The van der Waals surface area contributed by atoms with E-state index in [1.54, 1.807) is 46.4 Å². The van der Waals surface area contributed by atoms with Crippen LogP contribution in [-0.4, -0.2) is 25.6 Å². The highest BCUT2D eigenvalue weighted by molar-refractivity contribution is 7.21. The molecule has 0 atom stereocenters. The molecular weight excluding hydrogens is 564 g/mol. The molecule has 0 amide bonds. The second kappa shape index (κ2) is 9.76. The Kier molecular flexibility index (Phi) is 5.73. The summed E-state index contributed by atoms with van der Waals surface area (Å²) >= 11 is 7.76. The molecule has 42 heavy (non-hydrogen) atoms. The maximum absolute atomic E-state index is 13.9. The number of aromatic nitrogens is 4. The van der Waals surface area contributed by atoms with E-state index < -0.39 is 0 Å². The number of hydrogen-bond acceptors (Lipinski definition) is 6. The average Bonchev–Trinajstić information content (AvgIpc) is 3.77. The minimum Gasteiger partial charge on any atom is -0.354 e. The van der Waals surface area contributed by atoms with Crippen molar-refractivity contribution in [2.75, 3.05) is 0 Å². The van der Waals surface area contributed by atoms with Gasteiger partial charge in [0.2, 0.25) is 0 Å². The van der Waals surface area contributed by atoms with Crippen LogP contribution in [-0.2, 0) is 0 Å². The van der Waals surface area contributed by atoms with E-state index in [1.807, 2.05) is 78.9 Å². The predicted molar refractivity (Wildman–Crippen MR) is 168 cm³/mol. The van der Waals surface area contributed by atoms with Crippen LogP contribution >= 0.6 is 22.9 Å². The molecule has 4 heterocycles. The number of nitrogens with zero attached hydrogens (tertiary/aromatic N) is 4. The Morgan fingerprint density at radius 1 is 0.810 bits per heavy atom. The highest BCUT2D eigenvalue weighted by Crippen LogP contribution is 2.37. The van der Waals surface area contributed by atoms with Gasteiger partial charge in [-0.1, -0.05) is 71.4 Å². The fourth-order valence-corrected chi connectivity index (χ4v) is 6.43. The summed E-state index contributed by atoms with van der Waals surface area (Å²) in [6, 6.07) is 34.7. The van der Waals surface area contributed by atoms with Crippen LogP contribution in [0.2, 0.25) is 5.02 Å². The van der Waals surface area contributed by atoms with Crippen molar-refractivity contribution in [2.45, 2.75) is 0 Å². The van der Waals surface area contributed by atoms with Crippen molar-refractivity contribution in [3.8, 4) is 33.3 Å². The number of benzene rings is 4. The van der Waals surface area contributed by atoms with E-state index in [0.717, 1.165) is 42.6 Å². The summed E-state index contributed by atoms with van der Waals surface area (Å²) < 4.78 is 8.71. The van der Waals surface area contributed by atoms with E-state index >= 15 is 0 Å². The van der Waals surface area contributed by atoms with Crippen LogP contribution in [0.15, 0.2) is 120 Å². The van der Waals surface area contributed by atoms with Gasteiger partial charge in [0, 0.05) is 44.7 Å². The van der Waals surface area contributed by atoms with Crippen LogP contribution < -0.4 is 0 Å². The van der Waals surface area contributed by atoms with Gasteiger partial charge in [0.15, 0.2) is 5.76 Å². The summed E-state index contributed by atoms with van der Waals surface area (Å²) in [5.74, 6) is 0.288. The lowest BCUT2D eigenvalue weighted by Gasteiger charge is -2.08. The Morgan fingerprint density at radius 2 is 1.57 bits per heavy atom. The first-order valence-electron chi connectivity index (χ1n) is 13.3. The van der Waals surface area contributed by atoms with Gasteiger partial charge in [-0.2, -0.15) is 0 Å². The summed E-state index contributed by atoms with van der Waals surface area (Å²) in [4.78, 5) is 23.3. The number of hydrogen-bond donors (Lipinski definition) is 0. The first-order valence-corrected chi connectivity index (χ1v) is 14.5. The molecule has 0 saturated carbocycles. The fourth-order valence-electron chi connectivity index (χ4n) is 5.33. The zero-order valence-electron chi connectivity index (χ0n) is 21.9. The quantitative estimate of drug-likeness (QED) is 0.207. The van der Waals surface area contributed by atoms with Gasteiger partial charge < -0.3 is 4.52 Å². The molecule has 8 aromatic rings. The fraction of sp³-hybridized carbons (Fsp3) is 0. The molecule has 8 heteroatoms. The third kappa shape index (κ3) is 4.02. The van der Waals surface area contributed by atoms with Gasteiger partial charge in [-0.25, -0.2) is 4.98 Å². The second-order valence-corrected chi connectivity index (χ2v) is 11.3. The van der Waals surface area contributed by atoms with Crippen LogP contribution in [0.3, 0.4) is 0 Å². The third-order valence-electron chi connectivity index (χ3n) is 7.34. The minimum absolute atomic E-state index is 0.183. The van der Waals surface area contributed by atoms with Crippen molar-refractivity contribution in [2.24, 2.45) is 0 Å². The molecule has 0 spiro atoms. The maximum Gasteiger partial charge on any atom is 0.262 e. The normalized spacial score (nSPS) is 11.5. The largest absolute Gasteiger partial charge is 0.354 e. The van der Waals surface area contributed by atoms with Crippen LogP contribution in [0, 0.1) is 0 Å². The molecule has 0 radical (unpaired) electrons. The van der Waals surface area contributed by atoms with Gasteiger partial charge in [0.25, 0.3) is 5.91 Å². The van der Waals surface area contributed by atoms with E-state index in [0.29, 0.717) is 33.3 Å². The monoisotopic (exact) mass is 582 g/mol. The number of pyridine rings is 1.